The summed E-state index contributed by atoms with van der Waals surface area (Å²) < 4.78 is 11.6. The molecular formula is C17H26O3. The summed E-state index contributed by atoms with van der Waals surface area (Å²) in [6, 6.07) is 10.1. The van der Waals surface area contributed by atoms with Crippen molar-refractivity contribution in [2.24, 2.45) is 0 Å². The number of aliphatic hydroxyl groups excluding tert-OH is 1. The van der Waals surface area contributed by atoms with Crippen molar-refractivity contribution in [3.8, 4) is 0 Å². The highest BCUT2D eigenvalue weighted by Gasteiger charge is 2.15. The fraction of sp³-hybridized carbons (Fsp3) is 0.647. The molecule has 1 fully saturated rings. The Hall–Kier alpha value is -0.900. The second-order valence-corrected chi connectivity index (χ2v) is 5.52. The number of ether oxygens (including phenoxy) is 2. The number of aliphatic hydroxyl groups is 1. The largest absolute Gasteiger partial charge is 0.394 e. The van der Waals surface area contributed by atoms with Gasteiger partial charge in [0.1, 0.15) is 0 Å². The standard InChI is InChI=1S/C17H26O3/c18-13-17(20-14-15-7-3-1-4-8-15)11-12-19-16-9-5-2-6-10-16/h1,3-4,7-8,16-18H,2,5-6,9-14H2. The minimum Gasteiger partial charge on any atom is -0.394 e. The number of benzene rings is 1. The lowest BCUT2D eigenvalue weighted by Crippen LogP contribution is -2.23. The summed E-state index contributed by atoms with van der Waals surface area (Å²) in [5, 5.41) is 9.36. The third-order valence-corrected chi connectivity index (χ3v) is 3.88. The Labute approximate surface area is 121 Å². The van der Waals surface area contributed by atoms with Crippen LogP contribution in [0.4, 0.5) is 0 Å². The van der Waals surface area contributed by atoms with E-state index in [0.29, 0.717) is 19.3 Å². The fourth-order valence-corrected chi connectivity index (χ4v) is 2.61. The van der Waals surface area contributed by atoms with Gasteiger partial charge in [0.05, 0.1) is 25.4 Å². The lowest BCUT2D eigenvalue weighted by Gasteiger charge is -2.23. The molecule has 20 heavy (non-hydrogen) atoms. The van der Waals surface area contributed by atoms with Gasteiger partial charge in [0.15, 0.2) is 0 Å². The minimum absolute atomic E-state index is 0.0564. The first kappa shape index (κ1) is 15.5. The predicted molar refractivity (Wildman–Crippen MR) is 79.5 cm³/mol. The van der Waals surface area contributed by atoms with Crippen LogP contribution in [-0.4, -0.2) is 30.5 Å². The summed E-state index contributed by atoms with van der Waals surface area (Å²) in [7, 11) is 0. The molecule has 0 heterocycles. The number of rotatable bonds is 8. The molecule has 1 aromatic carbocycles. The van der Waals surface area contributed by atoms with Crippen LogP contribution in [0.5, 0.6) is 0 Å². The van der Waals surface area contributed by atoms with Crippen molar-refractivity contribution < 1.29 is 14.6 Å². The summed E-state index contributed by atoms with van der Waals surface area (Å²) in [6.45, 7) is 1.29. The molecule has 0 bridgehead atoms. The van der Waals surface area contributed by atoms with Crippen LogP contribution in [0.2, 0.25) is 0 Å². The highest BCUT2D eigenvalue weighted by atomic mass is 16.5. The molecule has 0 saturated heterocycles. The Kier molecular flexibility index (Phi) is 7.06. The molecule has 2 rings (SSSR count). The second kappa shape index (κ2) is 9.11. The summed E-state index contributed by atoms with van der Waals surface area (Å²) in [5.74, 6) is 0. The molecule has 0 aliphatic heterocycles. The highest BCUT2D eigenvalue weighted by Crippen LogP contribution is 2.20. The fourth-order valence-electron chi connectivity index (χ4n) is 2.61. The van der Waals surface area contributed by atoms with Crippen LogP contribution >= 0.6 is 0 Å². The van der Waals surface area contributed by atoms with Crippen molar-refractivity contribution in [2.45, 2.75) is 57.3 Å². The molecular weight excluding hydrogens is 252 g/mol. The monoisotopic (exact) mass is 278 g/mol. The average molecular weight is 278 g/mol. The Morgan fingerprint density at radius 3 is 2.55 bits per heavy atom. The van der Waals surface area contributed by atoms with Crippen molar-refractivity contribution in [3.05, 3.63) is 35.9 Å². The summed E-state index contributed by atoms with van der Waals surface area (Å²) in [6.07, 6.45) is 7.37. The number of hydrogen-bond acceptors (Lipinski definition) is 3. The molecule has 1 saturated carbocycles. The van der Waals surface area contributed by atoms with Gasteiger partial charge in [-0.2, -0.15) is 0 Å². The van der Waals surface area contributed by atoms with Crippen molar-refractivity contribution in [3.63, 3.8) is 0 Å². The van der Waals surface area contributed by atoms with Crippen LogP contribution in [0, 0.1) is 0 Å². The third kappa shape index (κ3) is 5.61. The molecule has 1 N–H and O–H groups in total. The zero-order chi connectivity index (χ0) is 14.0. The van der Waals surface area contributed by atoms with Gasteiger partial charge in [-0.3, -0.25) is 0 Å². The van der Waals surface area contributed by atoms with Crippen molar-refractivity contribution in [2.75, 3.05) is 13.2 Å². The summed E-state index contributed by atoms with van der Waals surface area (Å²) in [4.78, 5) is 0. The van der Waals surface area contributed by atoms with Gasteiger partial charge in [0.25, 0.3) is 0 Å². The molecule has 112 valence electrons. The van der Waals surface area contributed by atoms with Crippen LogP contribution in [0.1, 0.15) is 44.1 Å². The zero-order valence-electron chi connectivity index (χ0n) is 12.2. The molecule has 3 nitrogen and oxygen atoms in total. The van der Waals surface area contributed by atoms with E-state index in [4.69, 9.17) is 9.47 Å². The summed E-state index contributed by atoms with van der Waals surface area (Å²) in [5.41, 5.74) is 1.14. The first-order valence-electron chi connectivity index (χ1n) is 7.76. The van der Waals surface area contributed by atoms with Crippen molar-refractivity contribution >= 4 is 0 Å². The minimum atomic E-state index is -0.126. The van der Waals surface area contributed by atoms with Crippen LogP contribution < -0.4 is 0 Å². The van der Waals surface area contributed by atoms with Crippen molar-refractivity contribution in [1.29, 1.82) is 0 Å². The maximum Gasteiger partial charge on any atom is 0.0832 e. The first-order chi connectivity index (χ1) is 9.88. The lowest BCUT2D eigenvalue weighted by molar-refractivity contribution is -0.0363. The SMILES string of the molecule is OCC(CCOC1CCCCC1)OCc1ccccc1. The van der Waals surface area contributed by atoms with Gasteiger partial charge in [-0.25, -0.2) is 0 Å². The van der Waals surface area contributed by atoms with E-state index in [0.717, 1.165) is 12.0 Å². The topological polar surface area (TPSA) is 38.7 Å². The Morgan fingerprint density at radius 2 is 1.85 bits per heavy atom. The molecule has 1 unspecified atom stereocenters. The van der Waals surface area contributed by atoms with E-state index in [1.165, 1.54) is 32.1 Å². The maximum atomic E-state index is 9.36. The van der Waals surface area contributed by atoms with E-state index in [9.17, 15) is 5.11 Å². The molecule has 1 atom stereocenters. The molecule has 3 heteroatoms. The molecule has 1 aromatic rings. The van der Waals surface area contributed by atoms with Crippen molar-refractivity contribution in [1.82, 2.24) is 0 Å². The van der Waals surface area contributed by atoms with E-state index in [1.807, 2.05) is 30.3 Å². The zero-order valence-corrected chi connectivity index (χ0v) is 12.2. The van der Waals surface area contributed by atoms with E-state index < -0.39 is 0 Å². The molecule has 1 aliphatic rings. The van der Waals surface area contributed by atoms with Gasteiger partial charge >= 0.3 is 0 Å². The van der Waals surface area contributed by atoms with E-state index in [-0.39, 0.29) is 12.7 Å². The van der Waals surface area contributed by atoms with Gasteiger partial charge in [-0.15, -0.1) is 0 Å². The van der Waals surface area contributed by atoms with Crippen LogP contribution in [0.25, 0.3) is 0 Å². The Balaban J connectivity index is 1.62. The Morgan fingerprint density at radius 1 is 1.10 bits per heavy atom. The molecule has 0 radical (unpaired) electrons. The van der Waals surface area contributed by atoms with E-state index >= 15 is 0 Å². The lowest BCUT2D eigenvalue weighted by atomic mass is 9.98. The highest BCUT2D eigenvalue weighted by molar-refractivity contribution is 5.13. The average Bonchev–Trinajstić information content (AvgIpc) is 2.52. The van der Waals surface area contributed by atoms with Gasteiger partial charge < -0.3 is 14.6 Å². The molecule has 0 amide bonds. The van der Waals surface area contributed by atoms with Gasteiger partial charge in [0.2, 0.25) is 0 Å². The quantitative estimate of drug-likeness (QED) is 0.793. The predicted octanol–water partition coefficient (Wildman–Crippen LogP) is 3.30. The normalized spacial score (nSPS) is 18.1. The van der Waals surface area contributed by atoms with Gasteiger partial charge in [-0.05, 0) is 24.8 Å². The van der Waals surface area contributed by atoms with Crippen LogP contribution in [0.3, 0.4) is 0 Å². The van der Waals surface area contributed by atoms with Gasteiger partial charge in [-0.1, -0.05) is 49.6 Å². The van der Waals surface area contributed by atoms with Crippen LogP contribution in [-0.2, 0) is 16.1 Å². The maximum absolute atomic E-state index is 9.36. The molecule has 0 spiro atoms. The number of hydrogen-bond donors (Lipinski definition) is 1. The van der Waals surface area contributed by atoms with E-state index in [1.54, 1.807) is 0 Å². The second-order valence-electron chi connectivity index (χ2n) is 5.52. The third-order valence-electron chi connectivity index (χ3n) is 3.88. The Bertz CT molecular complexity index is 347. The molecule has 0 aromatic heterocycles. The van der Waals surface area contributed by atoms with Crippen LogP contribution in [0.15, 0.2) is 30.3 Å². The van der Waals surface area contributed by atoms with Gasteiger partial charge in [0, 0.05) is 6.61 Å². The smallest absolute Gasteiger partial charge is 0.0832 e. The summed E-state index contributed by atoms with van der Waals surface area (Å²) >= 11 is 0. The first-order valence-corrected chi connectivity index (χ1v) is 7.76. The van der Waals surface area contributed by atoms with E-state index in [2.05, 4.69) is 0 Å². The molecule has 1 aliphatic carbocycles.